The van der Waals surface area contributed by atoms with Crippen LogP contribution in [-0.4, -0.2) is 62.3 Å². The van der Waals surface area contributed by atoms with Crippen molar-refractivity contribution in [3.63, 3.8) is 0 Å². The van der Waals surface area contributed by atoms with Gasteiger partial charge in [0.15, 0.2) is 9.84 Å². The molecule has 7 nitrogen and oxygen atoms in total. The minimum atomic E-state index is -3.02. The number of amides is 2. The van der Waals surface area contributed by atoms with Crippen molar-refractivity contribution in [2.75, 3.05) is 31.1 Å². The van der Waals surface area contributed by atoms with Gasteiger partial charge in [-0.05, 0) is 18.8 Å². The molecule has 2 saturated heterocycles. The SMILES string of the molecule is NC(=O)CC1CCN(C(=O)CC2CS(=O)(=O)CCN2)CC1. The summed E-state index contributed by atoms with van der Waals surface area (Å²) >= 11 is 0. The fraction of sp³-hybridized carbons (Fsp3) is 0.846. The Labute approximate surface area is 125 Å². The third-order valence-corrected chi connectivity index (χ3v) is 5.92. The van der Waals surface area contributed by atoms with Crippen LogP contribution in [0.2, 0.25) is 0 Å². The lowest BCUT2D eigenvalue weighted by molar-refractivity contribution is -0.133. The van der Waals surface area contributed by atoms with Crippen LogP contribution in [0.25, 0.3) is 0 Å². The van der Waals surface area contributed by atoms with Gasteiger partial charge in [-0.25, -0.2) is 8.42 Å². The number of hydrogen-bond donors (Lipinski definition) is 2. The van der Waals surface area contributed by atoms with Crippen LogP contribution >= 0.6 is 0 Å². The standard InChI is InChI=1S/C13H23N3O4S/c14-12(17)7-10-1-4-16(5-2-10)13(18)8-11-9-21(19,20)6-3-15-11/h10-11,15H,1-9H2,(H2,14,17). The summed E-state index contributed by atoms with van der Waals surface area (Å²) in [5.41, 5.74) is 5.18. The Kier molecular flexibility index (Phi) is 5.21. The molecule has 2 amide bonds. The molecule has 0 radical (unpaired) electrons. The zero-order valence-electron chi connectivity index (χ0n) is 12.1. The van der Waals surface area contributed by atoms with Crippen molar-refractivity contribution in [3.05, 3.63) is 0 Å². The number of hydrogen-bond acceptors (Lipinski definition) is 5. The number of carbonyl (C=O) groups is 2. The van der Waals surface area contributed by atoms with Gasteiger partial charge in [0.2, 0.25) is 11.8 Å². The lowest BCUT2D eigenvalue weighted by Crippen LogP contribution is -2.48. The summed E-state index contributed by atoms with van der Waals surface area (Å²) < 4.78 is 23.1. The van der Waals surface area contributed by atoms with E-state index in [0.29, 0.717) is 26.1 Å². The van der Waals surface area contributed by atoms with Crippen LogP contribution in [0.5, 0.6) is 0 Å². The van der Waals surface area contributed by atoms with Crippen LogP contribution in [0.3, 0.4) is 0 Å². The summed E-state index contributed by atoms with van der Waals surface area (Å²) in [5.74, 6) is 0.144. The minimum Gasteiger partial charge on any atom is -0.370 e. The Morgan fingerprint density at radius 1 is 1.19 bits per heavy atom. The monoisotopic (exact) mass is 317 g/mol. The molecule has 0 aliphatic carbocycles. The molecule has 2 aliphatic heterocycles. The number of likely N-dealkylation sites (tertiary alicyclic amines) is 1. The molecule has 2 aliphatic rings. The molecule has 1 atom stereocenters. The van der Waals surface area contributed by atoms with Crippen molar-refractivity contribution < 1.29 is 18.0 Å². The van der Waals surface area contributed by atoms with Gasteiger partial charge >= 0.3 is 0 Å². The fourth-order valence-electron chi connectivity index (χ4n) is 3.01. The first-order valence-corrected chi connectivity index (χ1v) is 9.18. The summed E-state index contributed by atoms with van der Waals surface area (Å²) in [6.07, 6.45) is 2.17. The summed E-state index contributed by atoms with van der Waals surface area (Å²) in [4.78, 5) is 24.9. The van der Waals surface area contributed by atoms with Crippen LogP contribution < -0.4 is 11.1 Å². The van der Waals surface area contributed by atoms with Gasteiger partial charge in [0.05, 0.1) is 11.5 Å². The van der Waals surface area contributed by atoms with Gasteiger partial charge in [-0.1, -0.05) is 0 Å². The number of rotatable bonds is 4. The van der Waals surface area contributed by atoms with E-state index in [1.54, 1.807) is 4.90 Å². The maximum atomic E-state index is 12.2. The molecule has 0 aromatic rings. The normalized spacial score (nSPS) is 26.5. The topological polar surface area (TPSA) is 110 Å². The van der Waals surface area contributed by atoms with E-state index < -0.39 is 9.84 Å². The molecular formula is C13H23N3O4S. The molecule has 3 N–H and O–H groups in total. The van der Waals surface area contributed by atoms with E-state index in [-0.39, 0.29) is 41.7 Å². The average Bonchev–Trinajstić information content (AvgIpc) is 2.37. The molecule has 0 spiro atoms. The smallest absolute Gasteiger partial charge is 0.224 e. The summed E-state index contributed by atoms with van der Waals surface area (Å²) in [5, 5.41) is 3.09. The van der Waals surface area contributed by atoms with Crippen LogP contribution in [0.15, 0.2) is 0 Å². The minimum absolute atomic E-state index is 0.0119. The van der Waals surface area contributed by atoms with Gasteiger partial charge < -0.3 is 16.0 Å². The van der Waals surface area contributed by atoms with Crippen molar-refractivity contribution in [2.45, 2.75) is 31.7 Å². The highest BCUT2D eigenvalue weighted by Crippen LogP contribution is 2.21. The van der Waals surface area contributed by atoms with Gasteiger partial charge in [0, 0.05) is 38.5 Å². The molecule has 2 rings (SSSR count). The number of primary amides is 1. The van der Waals surface area contributed by atoms with Crippen molar-refractivity contribution >= 4 is 21.7 Å². The highest BCUT2D eigenvalue weighted by atomic mass is 32.2. The predicted molar refractivity (Wildman–Crippen MR) is 78.2 cm³/mol. The third kappa shape index (κ3) is 4.96. The zero-order chi connectivity index (χ0) is 15.5. The van der Waals surface area contributed by atoms with Gasteiger partial charge in [0.25, 0.3) is 0 Å². The van der Waals surface area contributed by atoms with Gasteiger partial charge in [0.1, 0.15) is 0 Å². The number of nitrogens with one attached hydrogen (secondary N) is 1. The molecule has 21 heavy (non-hydrogen) atoms. The molecule has 0 bridgehead atoms. The second kappa shape index (κ2) is 6.74. The Morgan fingerprint density at radius 3 is 2.43 bits per heavy atom. The van der Waals surface area contributed by atoms with E-state index in [2.05, 4.69) is 5.32 Å². The van der Waals surface area contributed by atoms with Crippen molar-refractivity contribution in [2.24, 2.45) is 11.7 Å². The Hall–Kier alpha value is -1.15. The number of sulfone groups is 1. The fourth-order valence-corrected chi connectivity index (χ4v) is 4.45. The summed E-state index contributed by atoms with van der Waals surface area (Å²) in [6, 6.07) is -0.278. The van der Waals surface area contributed by atoms with Crippen LogP contribution in [0, 0.1) is 5.92 Å². The van der Waals surface area contributed by atoms with Gasteiger partial charge in [-0.2, -0.15) is 0 Å². The number of nitrogens with two attached hydrogens (primary N) is 1. The van der Waals surface area contributed by atoms with Crippen LogP contribution in [0.1, 0.15) is 25.7 Å². The Bertz CT molecular complexity index is 498. The van der Waals surface area contributed by atoms with Gasteiger partial charge in [-0.3, -0.25) is 9.59 Å². The van der Waals surface area contributed by atoms with E-state index in [9.17, 15) is 18.0 Å². The molecule has 8 heteroatoms. The van der Waals surface area contributed by atoms with Crippen molar-refractivity contribution in [1.29, 1.82) is 0 Å². The molecule has 2 fully saturated rings. The van der Waals surface area contributed by atoms with Crippen molar-refractivity contribution in [3.8, 4) is 0 Å². The largest absolute Gasteiger partial charge is 0.370 e. The lowest BCUT2D eigenvalue weighted by Gasteiger charge is -2.33. The molecule has 1 unspecified atom stereocenters. The maximum absolute atomic E-state index is 12.2. The van der Waals surface area contributed by atoms with Crippen molar-refractivity contribution in [1.82, 2.24) is 10.2 Å². The molecule has 0 aromatic carbocycles. The molecule has 0 saturated carbocycles. The molecule has 0 aromatic heterocycles. The second-order valence-electron chi connectivity index (χ2n) is 5.96. The first kappa shape index (κ1) is 16.2. The van der Waals surface area contributed by atoms with E-state index in [0.717, 1.165) is 12.8 Å². The highest BCUT2D eigenvalue weighted by molar-refractivity contribution is 7.91. The quantitative estimate of drug-likeness (QED) is 0.682. The Morgan fingerprint density at radius 2 is 1.86 bits per heavy atom. The summed E-state index contributed by atoms with van der Waals surface area (Å²) in [6.45, 7) is 1.66. The third-order valence-electron chi connectivity index (χ3n) is 4.18. The molecular weight excluding hydrogens is 294 g/mol. The maximum Gasteiger partial charge on any atom is 0.224 e. The summed E-state index contributed by atoms with van der Waals surface area (Å²) in [7, 11) is -3.02. The van der Waals surface area contributed by atoms with Crippen LogP contribution in [0.4, 0.5) is 0 Å². The van der Waals surface area contributed by atoms with E-state index >= 15 is 0 Å². The lowest BCUT2D eigenvalue weighted by atomic mass is 9.93. The second-order valence-corrected chi connectivity index (χ2v) is 8.19. The zero-order valence-corrected chi connectivity index (χ0v) is 12.9. The highest BCUT2D eigenvalue weighted by Gasteiger charge is 2.29. The number of carbonyl (C=O) groups excluding carboxylic acids is 2. The first-order chi connectivity index (χ1) is 9.85. The van der Waals surface area contributed by atoms with E-state index in [1.807, 2.05) is 0 Å². The van der Waals surface area contributed by atoms with E-state index in [4.69, 9.17) is 5.73 Å². The number of nitrogens with zero attached hydrogens (tertiary/aromatic N) is 1. The average molecular weight is 317 g/mol. The van der Waals surface area contributed by atoms with Gasteiger partial charge in [-0.15, -0.1) is 0 Å². The van der Waals surface area contributed by atoms with E-state index in [1.165, 1.54) is 0 Å². The molecule has 120 valence electrons. The first-order valence-electron chi connectivity index (χ1n) is 7.35. The predicted octanol–water partition coefficient (Wildman–Crippen LogP) is -1.12. The number of piperidine rings is 1. The molecule has 2 heterocycles. The Balaban J connectivity index is 1.78. The van der Waals surface area contributed by atoms with Crippen LogP contribution in [-0.2, 0) is 19.4 Å².